The van der Waals surface area contributed by atoms with Gasteiger partial charge in [-0.2, -0.15) is 27.6 Å². The predicted molar refractivity (Wildman–Crippen MR) is 233 cm³/mol. The highest BCUT2D eigenvalue weighted by molar-refractivity contribution is 6.00. The number of nitrogens with one attached hydrogen (secondary N) is 2. The van der Waals surface area contributed by atoms with E-state index in [9.17, 15) is 50.6 Å². The van der Waals surface area contributed by atoms with Crippen LogP contribution < -0.4 is 21.1 Å². The van der Waals surface area contributed by atoms with E-state index in [1.54, 1.807) is 18.7 Å². The maximum Gasteiger partial charge on any atom is 0.490 e. The van der Waals surface area contributed by atoms with Gasteiger partial charge in [0.05, 0.1) is 46.5 Å². The monoisotopic (exact) mass is 965 g/mol. The van der Waals surface area contributed by atoms with Crippen LogP contribution in [0.15, 0.2) is 53.5 Å². The minimum Gasteiger partial charge on any atom is -0.503 e. The predicted octanol–water partition coefficient (Wildman–Crippen LogP) is 6.00. The molecular weight excluding hydrogens is 921 g/mol. The first-order valence-corrected chi connectivity index (χ1v) is 21.9. The molecule has 6 aromatic rings. The SMILES string of the molecule is COc1nc(-c2ccc3cn(C4CCC(CNC(=O)c5cc(F)c(O)c(F)c5F)CC4)nc3c2)nc2c1CN(CCCc1ccc3c(c1)n(C)c(=O)n3[C@@H]1CCC(=O)NC1=O)C2.O=C(O)C(F)(F)F. The Morgan fingerprint density at radius 1 is 0.942 bits per heavy atom. The number of phenols is 1. The van der Waals surface area contributed by atoms with Crippen molar-refractivity contribution in [1.29, 1.82) is 0 Å². The van der Waals surface area contributed by atoms with Gasteiger partial charge in [-0.05, 0) is 87.2 Å². The molecule has 4 N–H and O–H groups in total. The third-order valence-electron chi connectivity index (χ3n) is 12.8. The lowest BCUT2D eigenvalue weighted by Crippen LogP contribution is -2.44. The van der Waals surface area contributed by atoms with Gasteiger partial charge in [0.2, 0.25) is 23.5 Å². The van der Waals surface area contributed by atoms with Crippen molar-refractivity contribution < 1.29 is 60.5 Å². The van der Waals surface area contributed by atoms with Crippen LogP contribution in [0.25, 0.3) is 33.3 Å². The zero-order valence-corrected chi connectivity index (χ0v) is 37.1. The summed E-state index contributed by atoms with van der Waals surface area (Å²) in [5, 5.41) is 27.2. The molecule has 2 fully saturated rings. The summed E-state index contributed by atoms with van der Waals surface area (Å²) in [6.45, 7) is 2.30. The number of methoxy groups -OCH3 is 1. The molecule has 2 aliphatic heterocycles. The molecule has 1 saturated carbocycles. The van der Waals surface area contributed by atoms with Crippen LogP contribution in [0.4, 0.5) is 26.3 Å². The summed E-state index contributed by atoms with van der Waals surface area (Å²) in [7, 11) is 3.30. The van der Waals surface area contributed by atoms with E-state index in [2.05, 4.69) is 15.5 Å². The summed E-state index contributed by atoms with van der Waals surface area (Å²) in [5.41, 5.74) is 4.85. The van der Waals surface area contributed by atoms with E-state index in [-0.39, 0.29) is 42.9 Å². The molecule has 0 unspecified atom stereocenters. The number of alkyl halides is 3. The molecule has 1 saturated heterocycles. The van der Waals surface area contributed by atoms with Crippen molar-refractivity contribution in [3.8, 4) is 23.0 Å². The van der Waals surface area contributed by atoms with Gasteiger partial charge >= 0.3 is 17.8 Å². The third kappa shape index (κ3) is 9.99. The number of aromatic hydroxyl groups is 1. The molecule has 3 aliphatic rings. The second-order valence-electron chi connectivity index (χ2n) is 17.3. The Labute approximate surface area is 387 Å². The number of imide groups is 1. The molecule has 69 heavy (non-hydrogen) atoms. The number of amides is 3. The van der Waals surface area contributed by atoms with Crippen molar-refractivity contribution in [3.05, 3.63) is 99.0 Å². The maximum atomic E-state index is 14.2. The molecule has 1 aliphatic carbocycles. The highest BCUT2D eigenvalue weighted by Gasteiger charge is 2.38. The number of fused-ring (bicyclic) bond motifs is 3. The number of aliphatic carboxylic acids is 1. The molecule has 9 rings (SSSR count). The Kier molecular flexibility index (Phi) is 13.5. The van der Waals surface area contributed by atoms with E-state index in [4.69, 9.17) is 29.7 Å². The van der Waals surface area contributed by atoms with Crippen molar-refractivity contribution in [3.63, 3.8) is 0 Å². The molecule has 23 heteroatoms. The fraction of sp³-hybridized carbons (Fsp3) is 0.391. The van der Waals surface area contributed by atoms with Gasteiger partial charge in [0, 0.05) is 50.2 Å². The average Bonchev–Trinajstić information content (AvgIpc) is 4.01. The number of hydrogen-bond donors (Lipinski definition) is 4. The number of rotatable bonds is 11. The first-order valence-electron chi connectivity index (χ1n) is 21.9. The summed E-state index contributed by atoms with van der Waals surface area (Å²) in [4.78, 5) is 71.0. The van der Waals surface area contributed by atoms with E-state index in [0.29, 0.717) is 36.4 Å². The molecule has 364 valence electrons. The van der Waals surface area contributed by atoms with Crippen LogP contribution in [0.5, 0.6) is 11.6 Å². The van der Waals surface area contributed by atoms with Crippen LogP contribution in [-0.2, 0) is 40.9 Å². The fourth-order valence-electron chi connectivity index (χ4n) is 9.10. The van der Waals surface area contributed by atoms with Crippen molar-refractivity contribution >= 4 is 45.6 Å². The van der Waals surface area contributed by atoms with E-state index < -0.39 is 58.8 Å². The van der Waals surface area contributed by atoms with E-state index in [1.807, 2.05) is 47.3 Å². The number of aryl methyl sites for hydroxylation is 2. The number of halogens is 6. The number of benzene rings is 3. The number of ether oxygens (including phenoxy) is 1. The zero-order chi connectivity index (χ0) is 49.5. The topological polar surface area (TPSA) is 216 Å². The minimum atomic E-state index is -5.08. The van der Waals surface area contributed by atoms with Gasteiger partial charge < -0.3 is 20.3 Å². The summed E-state index contributed by atoms with van der Waals surface area (Å²) in [6, 6.07) is 11.7. The van der Waals surface area contributed by atoms with Crippen LogP contribution in [0.3, 0.4) is 0 Å². The number of nitrogens with zero attached hydrogens (tertiary/aromatic N) is 7. The smallest absolute Gasteiger partial charge is 0.490 e. The molecule has 0 bridgehead atoms. The van der Waals surface area contributed by atoms with Gasteiger partial charge in [-0.25, -0.2) is 23.4 Å². The van der Waals surface area contributed by atoms with Crippen molar-refractivity contribution in [2.24, 2.45) is 13.0 Å². The first kappa shape index (κ1) is 48.2. The summed E-state index contributed by atoms with van der Waals surface area (Å²) < 4.78 is 84.2. The lowest BCUT2D eigenvalue weighted by molar-refractivity contribution is -0.192. The highest BCUT2D eigenvalue weighted by Crippen LogP contribution is 2.35. The minimum absolute atomic E-state index is 0.0891. The van der Waals surface area contributed by atoms with Crippen LogP contribution >= 0.6 is 0 Å². The quantitative estimate of drug-likeness (QED) is 0.0669. The molecule has 3 aromatic heterocycles. The Balaban J connectivity index is 0.000000853. The van der Waals surface area contributed by atoms with Gasteiger partial charge in [-0.3, -0.25) is 38.4 Å². The highest BCUT2D eigenvalue weighted by atomic mass is 19.4. The summed E-state index contributed by atoms with van der Waals surface area (Å²) in [6.07, 6.45) is 2.13. The Hall–Kier alpha value is -7.30. The molecule has 3 aromatic carbocycles. The summed E-state index contributed by atoms with van der Waals surface area (Å²) >= 11 is 0. The Morgan fingerprint density at radius 2 is 1.68 bits per heavy atom. The van der Waals surface area contributed by atoms with Crippen molar-refractivity contribution in [1.82, 2.24) is 44.4 Å². The molecule has 5 heterocycles. The molecular formula is C46H45F6N9O8. The summed E-state index contributed by atoms with van der Waals surface area (Å²) in [5.74, 6) is -9.57. The van der Waals surface area contributed by atoms with Gasteiger partial charge in [-0.1, -0.05) is 18.2 Å². The third-order valence-corrected chi connectivity index (χ3v) is 12.8. The van der Waals surface area contributed by atoms with Gasteiger partial charge in [-0.15, -0.1) is 0 Å². The number of aromatic nitrogens is 6. The number of carboxylic acid groups (broad SMARTS) is 1. The second-order valence-corrected chi connectivity index (χ2v) is 17.3. The fourth-order valence-corrected chi connectivity index (χ4v) is 9.10. The van der Waals surface area contributed by atoms with Crippen molar-refractivity contribution in [2.45, 2.75) is 82.7 Å². The van der Waals surface area contributed by atoms with Gasteiger partial charge in [0.1, 0.15) is 6.04 Å². The largest absolute Gasteiger partial charge is 0.503 e. The number of carboxylic acids is 1. The lowest BCUT2D eigenvalue weighted by Gasteiger charge is -2.28. The van der Waals surface area contributed by atoms with E-state index in [1.165, 1.54) is 4.57 Å². The molecule has 1 atom stereocenters. The van der Waals surface area contributed by atoms with Crippen LogP contribution in [-0.4, -0.2) is 94.1 Å². The Bertz CT molecular complexity index is 3070. The number of phenolic OH excluding ortho intramolecular Hbond substituents is 1. The van der Waals surface area contributed by atoms with Crippen LogP contribution in [0, 0.1) is 23.4 Å². The van der Waals surface area contributed by atoms with Crippen molar-refractivity contribution in [2.75, 3.05) is 20.2 Å². The average molecular weight is 966 g/mol. The van der Waals surface area contributed by atoms with Gasteiger partial charge in [0.25, 0.3) is 5.91 Å². The number of imidazole rings is 1. The van der Waals surface area contributed by atoms with Gasteiger partial charge in [0.15, 0.2) is 23.2 Å². The number of carbonyl (C=O) groups excluding carboxylic acids is 3. The van der Waals surface area contributed by atoms with E-state index >= 15 is 0 Å². The zero-order valence-electron chi connectivity index (χ0n) is 37.1. The number of hydrogen-bond acceptors (Lipinski definition) is 11. The first-order chi connectivity index (χ1) is 32.8. The van der Waals surface area contributed by atoms with Crippen LogP contribution in [0.2, 0.25) is 0 Å². The van der Waals surface area contributed by atoms with E-state index in [0.717, 1.165) is 83.9 Å². The molecule has 3 amide bonds. The van der Waals surface area contributed by atoms with Crippen LogP contribution in [0.1, 0.15) is 84.2 Å². The second kappa shape index (κ2) is 19.4. The normalized spacial score (nSPS) is 18.5. The number of piperidine rings is 1. The maximum absolute atomic E-state index is 14.2. The molecule has 17 nitrogen and oxygen atoms in total. The number of carbonyl (C=O) groups is 4. The Morgan fingerprint density at radius 3 is 2.38 bits per heavy atom. The molecule has 0 spiro atoms. The standard InChI is InChI=1S/C44H44F3N9O6.C2HF3O2/c1-53-35-16-23(7-12-33(35)56(44(53)61)34-13-14-36(57)50-42(34)60)4-3-15-54-21-29-32(22-54)49-40(51-43(29)62-2)25-8-9-26-20-55(52-31(26)17-25)27-10-5-24(6-11-27)19-48-41(59)28-18-30(45)39(58)38(47)37(28)46;3-2(4,5)1(6)7/h7-9,12,16-18,20,24,27,34,58H,3-6,10-11,13-15,19,21-22H2,1-2H3,(H,48,59)(H,50,57,60);(H,6,7)/t24?,27?,34-;/m1./s1. The molecule has 0 radical (unpaired) electrons. The lowest BCUT2D eigenvalue weighted by atomic mass is 9.86.